The molecule has 1 saturated carbocycles. The Bertz CT molecular complexity index is 499. The van der Waals surface area contributed by atoms with Gasteiger partial charge < -0.3 is 20.6 Å². The smallest absolute Gasteiger partial charge is 0.191 e. The standard InChI is InChI=1S/C17H30N4OS.HI/c1-5-18-16(19-11-14(21(3)4)13-8-9-13)20-12-17(2,22)15-7-6-10-23-15;/h6-7,10,13-14,22H,5,8-9,11-12H2,1-4H3,(H2,18,19,20);1H. The summed E-state index contributed by atoms with van der Waals surface area (Å²) in [6.45, 7) is 5.91. The molecule has 5 nitrogen and oxygen atoms in total. The highest BCUT2D eigenvalue weighted by Crippen LogP contribution is 2.34. The fourth-order valence-electron chi connectivity index (χ4n) is 2.69. The first-order valence-electron chi connectivity index (χ1n) is 8.39. The van der Waals surface area contributed by atoms with E-state index in [0.29, 0.717) is 12.6 Å². The fourth-order valence-corrected chi connectivity index (χ4v) is 3.47. The maximum absolute atomic E-state index is 10.6. The minimum atomic E-state index is -0.923. The molecule has 1 aromatic heterocycles. The van der Waals surface area contributed by atoms with Gasteiger partial charge in [0.1, 0.15) is 5.60 Å². The Morgan fingerprint density at radius 3 is 2.67 bits per heavy atom. The van der Waals surface area contributed by atoms with Crippen molar-refractivity contribution in [1.29, 1.82) is 0 Å². The largest absolute Gasteiger partial charge is 0.383 e. The monoisotopic (exact) mass is 466 g/mol. The van der Waals surface area contributed by atoms with Crippen molar-refractivity contribution in [3.05, 3.63) is 22.4 Å². The third-order valence-corrected chi connectivity index (χ3v) is 5.37. The zero-order valence-electron chi connectivity index (χ0n) is 15.1. The van der Waals surface area contributed by atoms with Crippen molar-refractivity contribution in [2.24, 2.45) is 10.9 Å². The Morgan fingerprint density at radius 1 is 1.46 bits per heavy atom. The number of thiophene rings is 1. The lowest BCUT2D eigenvalue weighted by atomic mass is 10.1. The molecule has 0 saturated heterocycles. The van der Waals surface area contributed by atoms with Crippen molar-refractivity contribution in [3.63, 3.8) is 0 Å². The summed E-state index contributed by atoms with van der Waals surface area (Å²) in [5, 5.41) is 19.3. The molecule has 1 fully saturated rings. The van der Waals surface area contributed by atoms with Gasteiger partial charge in [-0.15, -0.1) is 35.3 Å². The Kier molecular flexibility index (Phi) is 8.97. The molecule has 0 aromatic carbocycles. The Labute approximate surface area is 167 Å². The van der Waals surface area contributed by atoms with Crippen LogP contribution in [0, 0.1) is 5.92 Å². The summed E-state index contributed by atoms with van der Waals surface area (Å²) in [4.78, 5) is 7.82. The normalized spacial score (nSPS) is 18.7. The first-order chi connectivity index (χ1) is 10.9. The Morgan fingerprint density at radius 2 is 2.17 bits per heavy atom. The van der Waals surface area contributed by atoms with Gasteiger partial charge in [0.15, 0.2) is 5.96 Å². The maximum atomic E-state index is 10.6. The van der Waals surface area contributed by atoms with Gasteiger partial charge in [0.2, 0.25) is 0 Å². The van der Waals surface area contributed by atoms with Crippen molar-refractivity contribution < 1.29 is 5.11 Å². The zero-order chi connectivity index (χ0) is 16.9. The summed E-state index contributed by atoms with van der Waals surface area (Å²) in [5.74, 6) is 1.58. The van der Waals surface area contributed by atoms with E-state index in [4.69, 9.17) is 0 Å². The molecule has 2 atom stereocenters. The van der Waals surface area contributed by atoms with Crippen LogP contribution < -0.4 is 10.6 Å². The van der Waals surface area contributed by atoms with E-state index in [1.54, 1.807) is 11.3 Å². The van der Waals surface area contributed by atoms with Crippen LogP contribution in [-0.4, -0.2) is 55.7 Å². The second kappa shape index (κ2) is 9.94. The molecule has 0 aliphatic heterocycles. The van der Waals surface area contributed by atoms with E-state index < -0.39 is 5.60 Å². The van der Waals surface area contributed by atoms with Gasteiger partial charge >= 0.3 is 0 Å². The second-order valence-corrected chi connectivity index (χ2v) is 7.64. The Hall–Kier alpha value is -0.380. The van der Waals surface area contributed by atoms with Crippen LogP contribution in [0.15, 0.2) is 22.5 Å². The van der Waals surface area contributed by atoms with Crippen LogP contribution in [0.25, 0.3) is 0 Å². The highest BCUT2D eigenvalue weighted by atomic mass is 127. The lowest BCUT2D eigenvalue weighted by Gasteiger charge is -2.26. The summed E-state index contributed by atoms with van der Waals surface area (Å²) >= 11 is 1.56. The van der Waals surface area contributed by atoms with Crippen LogP contribution in [0.1, 0.15) is 31.6 Å². The molecular weight excluding hydrogens is 435 g/mol. The van der Waals surface area contributed by atoms with E-state index in [2.05, 4.69) is 41.5 Å². The molecule has 3 N–H and O–H groups in total. The van der Waals surface area contributed by atoms with Crippen LogP contribution in [0.3, 0.4) is 0 Å². The van der Waals surface area contributed by atoms with E-state index in [-0.39, 0.29) is 24.0 Å². The number of aliphatic hydroxyl groups is 1. The van der Waals surface area contributed by atoms with Crippen molar-refractivity contribution in [1.82, 2.24) is 15.5 Å². The van der Waals surface area contributed by atoms with Crippen molar-refractivity contribution in [2.75, 3.05) is 33.7 Å². The van der Waals surface area contributed by atoms with Gasteiger partial charge in [-0.05, 0) is 58.1 Å². The molecule has 1 aliphatic carbocycles. The second-order valence-electron chi connectivity index (χ2n) is 6.70. The molecule has 2 rings (SSSR count). The van der Waals surface area contributed by atoms with Gasteiger partial charge in [0, 0.05) is 24.0 Å². The average Bonchev–Trinajstić information content (AvgIpc) is 3.15. The molecule has 0 spiro atoms. The van der Waals surface area contributed by atoms with Gasteiger partial charge in [-0.25, -0.2) is 4.99 Å². The molecule has 7 heteroatoms. The third-order valence-electron chi connectivity index (χ3n) is 4.25. The van der Waals surface area contributed by atoms with Crippen molar-refractivity contribution >= 4 is 41.3 Å². The van der Waals surface area contributed by atoms with Gasteiger partial charge in [-0.1, -0.05) is 6.07 Å². The number of aliphatic imine (C=N–C) groups is 1. The highest BCUT2D eigenvalue weighted by molar-refractivity contribution is 14.0. The van der Waals surface area contributed by atoms with Crippen molar-refractivity contribution in [2.45, 2.75) is 38.3 Å². The number of hydrogen-bond donors (Lipinski definition) is 3. The quantitative estimate of drug-likeness (QED) is 0.313. The third kappa shape index (κ3) is 6.50. The zero-order valence-corrected chi connectivity index (χ0v) is 18.2. The van der Waals surface area contributed by atoms with Crippen LogP contribution in [0.5, 0.6) is 0 Å². The Balaban J connectivity index is 0.00000288. The predicted octanol–water partition coefficient (Wildman–Crippen LogP) is 2.47. The molecule has 1 heterocycles. The molecule has 138 valence electrons. The number of hydrogen-bond acceptors (Lipinski definition) is 4. The van der Waals surface area contributed by atoms with Gasteiger partial charge in [0.05, 0.1) is 6.54 Å². The fraction of sp³-hybridized carbons (Fsp3) is 0.706. The van der Waals surface area contributed by atoms with Crippen LogP contribution in [0.4, 0.5) is 0 Å². The molecule has 1 aromatic rings. The summed E-state index contributed by atoms with van der Waals surface area (Å²) in [7, 11) is 4.27. The summed E-state index contributed by atoms with van der Waals surface area (Å²) in [5.41, 5.74) is -0.923. The summed E-state index contributed by atoms with van der Waals surface area (Å²) in [6.07, 6.45) is 2.65. The van der Waals surface area contributed by atoms with Gasteiger partial charge in [-0.3, -0.25) is 0 Å². The number of guanidine groups is 1. The van der Waals surface area contributed by atoms with E-state index >= 15 is 0 Å². The predicted molar refractivity (Wildman–Crippen MR) is 113 cm³/mol. The molecule has 2 unspecified atom stereocenters. The first kappa shape index (κ1) is 21.7. The lowest BCUT2D eigenvalue weighted by Crippen LogP contribution is -2.46. The van der Waals surface area contributed by atoms with Crippen LogP contribution in [-0.2, 0) is 5.60 Å². The highest BCUT2D eigenvalue weighted by Gasteiger charge is 2.32. The number of likely N-dealkylation sites (N-methyl/N-ethyl adjacent to an activating group) is 1. The van der Waals surface area contributed by atoms with Crippen molar-refractivity contribution in [3.8, 4) is 0 Å². The minimum absolute atomic E-state index is 0. The molecular formula is C17H31IN4OS. The number of halogens is 1. The average molecular weight is 466 g/mol. The molecule has 1 aliphatic rings. The molecule has 0 bridgehead atoms. The number of rotatable bonds is 8. The summed E-state index contributed by atoms with van der Waals surface area (Å²) < 4.78 is 0. The SMILES string of the molecule is CCNC(=NCC(C)(O)c1cccs1)NCC(C1CC1)N(C)C.I. The maximum Gasteiger partial charge on any atom is 0.191 e. The van der Waals surface area contributed by atoms with Crippen LogP contribution >= 0.6 is 35.3 Å². The number of nitrogens with zero attached hydrogens (tertiary/aromatic N) is 2. The summed E-state index contributed by atoms with van der Waals surface area (Å²) in [6, 6.07) is 4.45. The molecule has 0 amide bonds. The van der Waals surface area contributed by atoms with Crippen LogP contribution in [0.2, 0.25) is 0 Å². The van der Waals surface area contributed by atoms with Gasteiger partial charge in [-0.2, -0.15) is 0 Å². The first-order valence-corrected chi connectivity index (χ1v) is 9.27. The van der Waals surface area contributed by atoms with E-state index in [0.717, 1.165) is 29.8 Å². The minimum Gasteiger partial charge on any atom is -0.383 e. The number of nitrogens with one attached hydrogen (secondary N) is 2. The molecule has 24 heavy (non-hydrogen) atoms. The molecule has 0 radical (unpaired) electrons. The topological polar surface area (TPSA) is 59.9 Å². The van der Waals surface area contributed by atoms with E-state index in [1.165, 1.54) is 12.8 Å². The lowest BCUT2D eigenvalue weighted by molar-refractivity contribution is 0.0711. The van der Waals surface area contributed by atoms with Gasteiger partial charge in [0.25, 0.3) is 0 Å². The van der Waals surface area contributed by atoms with E-state index in [9.17, 15) is 5.11 Å². The van der Waals surface area contributed by atoms with E-state index in [1.807, 2.05) is 24.4 Å².